The van der Waals surface area contributed by atoms with Crippen LogP contribution >= 0.6 is 11.8 Å². The summed E-state index contributed by atoms with van der Waals surface area (Å²) in [5.41, 5.74) is 0. The summed E-state index contributed by atoms with van der Waals surface area (Å²) in [5.74, 6) is 2.60. The molecule has 0 aliphatic carbocycles. The van der Waals surface area contributed by atoms with Crippen LogP contribution in [0.4, 0.5) is 0 Å². The molecule has 1 atom stereocenters. The van der Waals surface area contributed by atoms with Crippen LogP contribution in [0.15, 0.2) is 0 Å². The molecule has 96 valence electrons. The molecule has 1 unspecified atom stereocenters. The normalized spacial score (nSPS) is 22.5. The third-order valence-electron chi connectivity index (χ3n) is 2.93. The average Bonchev–Trinajstić information content (AvgIpc) is 2.30. The van der Waals surface area contributed by atoms with Crippen LogP contribution < -0.4 is 5.32 Å². The molecule has 4 heteroatoms. The van der Waals surface area contributed by atoms with Gasteiger partial charge >= 0.3 is 0 Å². The van der Waals surface area contributed by atoms with E-state index in [4.69, 9.17) is 4.74 Å². The Morgan fingerprint density at radius 2 is 2.31 bits per heavy atom. The first-order chi connectivity index (χ1) is 7.84. The van der Waals surface area contributed by atoms with Crippen molar-refractivity contribution in [2.45, 2.75) is 26.3 Å². The van der Waals surface area contributed by atoms with Crippen molar-refractivity contribution in [2.75, 3.05) is 50.9 Å². The lowest BCUT2D eigenvalue weighted by atomic mass is 10.3. The summed E-state index contributed by atoms with van der Waals surface area (Å²) in [6, 6.07) is 0.754. The monoisotopic (exact) mass is 246 g/mol. The number of nitrogens with zero attached hydrogens (tertiary/aromatic N) is 1. The molecule has 1 aliphatic rings. The Kier molecular flexibility index (Phi) is 8.29. The predicted molar refractivity (Wildman–Crippen MR) is 72.3 cm³/mol. The molecule has 0 aromatic carbocycles. The molecule has 1 rings (SSSR count). The zero-order chi connectivity index (χ0) is 11.6. The van der Waals surface area contributed by atoms with Crippen molar-refractivity contribution in [2.24, 2.45) is 0 Å². The largest absolute Gasteiger partial charge is 0.382 e. The Balaban J connectivity index is 1.90. The van der Waals surface area contributed by atoms with E-state index in [1.165, 1.54) is 24.6 Å². The lowest BCUT2D eigenvalue weighted by molar-refractivity contribution is 0.144. The van der Waals surface area contributed by atoms with Crippen molar-refractivity contribution in [3.63, 3.8) is 0 Å². The van der Waals surface area contributed by atoms with E-state index in [1.54, 1.807) is 0 Å². The number of ether oxygens (including phenoxy) is 1. The minimum Gasteiger partial charge on any atom is -0.382 e. The highest BCUT2D eigenvalue weighted by molar-refractivity contribution is 7.99. The van der Waals surface area contributed by atoms with Crippen molar-refractivity contribution in [3.05, 3.63) is 0 Å². The fraction of sp³-hybridized carbons (Fsp3) is 1.00. The highest BCUT2D eigenvalue weighted by Gasteiger charge is 2.17. The summed E-state index contributed by atoms with van der Waals surface area (Å²) in [5, 5.41) is 3.48. The second kappa shape index (κ2) is 9.28. The number of hydrogen-bond donors (Lipinski definition) is 1. The zero-order valence-corrected chi connectivity index (χ0v) is 11.5. The first kappa shape index (κ1) is 14.3. The van der Waals surface area contributed by atoms with Gasteiger partial charge in [0.2, 0.25) is 0 Å². The van der Waals surface area contributed by atoms with Crippen molar-refractivity contribution >= 4 is 11.8 Å². The number of thioether (sulfide) groups is 1. The lowest BCUT2D eigenvalue weighted by Gasteiger charge is -2.32. The van der Waals surface area contributed by atoms with Gasteiger partial charge in [-0.15, -0.1) is 0 Å². The van der Waals surface area contributed by atoms with E-state index >= 15 is 0 Å². The Morgan fingerprint density at radius 3 is 3.06 bits per heavy atom. The van der Waals surface area contributed by atoms with E-state index in [2.05, 4.69) is 28.9 Å². The molecule has 16 heavy (non-hydrogen) atoms. The second-order valence-corrected chi connectivity index (χ2v) is 5.41. The Hall–Kier alpha value is 0.230. The SMILES string of the molecule is CCOCCCNCCN1CCSCC1C. The smallest absolute Gasteiger partial charge is 0.0477 e. The van der Waals surface area contributed by atoms with E-state index < -0.39 is 0 Å². The van der Waals surface area contributed by atoms with Crippen LogP contribution in [0.5, 0.6) is 0 Å². The van der Waals surface area contributed by atoms with Crippen LogP contribution in [0.1, 0.15) is 20.3 Å². The maximum Gasteiger partial charge on any atom is 0.0477 e. The Morgan fingerprint density at radius 1 is 1.44 bits per heavy atom. The van der Waals surface area contributed by atoms with Gasteiger partial charge in [-0.2, -0.15) is 11.8 Å². The van der Waals surface area contributed by atoms with Gasteiger partial charge in [-0.05, 0) is 26.8 Å². The molecular weight excluding hydrogens is 220 g/mol. The molecule has 0 saturated carbocycles. The van der Waals surface area contributed by atoms with Crippen LogP contribution in [-0.2, 0) is 4.74 Å². The summed E-state index contributed by atoms with van der Waals surface area (Å²) in [6.07, 6.45) is 1.12. The minimum atomic E-state index is 0.754. The third-order valence-corrected chi connectivity index (χ3v) is 4.12. The number of nitrogens with one attached hydrogen (secondary N) is 1. The Labute approximate surface area is 104 Å². The van der Waals surface area contributed by atoms with Gasteiger partial charge in [-0.3, -0.25) is 4.90 Å². The molecule has 0 bridgehead atoms. The van der Waals surface area contributed by atoms with Crippen LogP contribution in [0, 0.1) is 0 Å². The summed E-state index contributed by atoms with van der Waals surface area (Å²) >= 11 is 2.08. The van der Waals surface area contributed by atoms with Crippen LogP contribution in [0.3, 0.4) is 0 Å². The molecule has 1 aliphatic heterocycles. The van der Waals surface area contributed by atoms with E-state index in [-0.39, 0.29) is 0 Å². The fourth-order valence-electron chi connectivity index (χ4n) is 1.88. The minimum absolute atomic E-state index is 0.754. The first-order valence-corrected chi connectivity index (χ1v) is 7.60. The molecule has 3 nitrogen and oxygen atoms in total. The van der Waals surface area contributed by atoms with Gasteiger partial charge in [0.05, 0.1) is 0 Å². The predicted octanol–water partition coefficient (Wildman–Crippen LogP) is 1.44. The molecule has 0 aromatic heterocycles. The topological polar surface area (TPSA) is 24.5 Å². The molecule has 0 aromatic rings. The van der Waals surface area contributed by atoms with Gasteiger partial charge in [-0.1, -0.05) is 0 Å². The van der Waals surface area contributed by atoms with Crippen molar-refractivity contribution < 1.29 is 4.74 Å². The summed E-state index contributed by atoms with van der Waals surface area (Å²) in [6.45, 7) is 10.7. The maximum atomic E-state index is 5.29. The van der Waals surface area contributed by atoms with E-state index in [1.807, 2.05) is 6.92 Å². The maximum absolute atomic E-state index is 5.29. The van der Waals surface area contributed by atoms with E-state index in [0.717, 1.165) is 38.8 Å². The summed E-state index contributed by atoms with van der Waals surface area (Å²) in [4.78, 5) is 2.59. The van der Waals surface area contributed by atoms with Gasteiger partial charge in [0, 0.05) is 50.4 Å². The highest BCUT2D eigenvalue weighted by atomic mass is 32.2. The molecule has 1 heterocycles. The molecule has 0 radical (unpaired) electrons. The highest BCUT2D eigenvalue weighted by Crippen LogP contribution is 2.14. The zero-order valence-electron chi connectivity index (χ0n) is 10.7. The van der Waals surface area contributed by atoms with Crippen molar-refractivity contribution in [3.8, 4) is 0 Å². The average molecular weight is 246 g/mol. The summed E-state index contributed by atoms with van der Waals surface area (Å²) < 4.78 is 5.29. The molecular formula is C12H26N2OS. The quantitative estimate of drug-likeness (QED) is 0.655. The van der Waals surface area contributed by atoms with Crippen LogP contribution in [-0.4, -0.2) is 61.8 Å². The molecule has 0 spiro atoms. The molecule has 0 amide bonds. The lowest BCUT2D eigenvalue weighted by Crippen LogP contribution is -2.43. The van der Waals surface area contributed by atoms with E-state index in [0.29, 0.717) is 0 Å². The van der Waals surface area contributed by atoms with Gasteiger partial charge in [0.1, 0.15) is 0 Å². The first-order valence-electron chi connectivity index (χ1n) is 6.45. The molecule has 1 saturated heterocycles. The van der Waals surface area contributed by atoms with Crippen molar-refractivity contribution in [1.82, 2.24) is 10.2 Å². The van der Waals surface area contributed by atoms with Gasteiger partial charge in [0.15, 0.2) is 0 Å². The van der Waals surface area contributed by atoms with Gasteiger partial charge in [-0.25, -0.2) is 0 Å². The third kappa shape index (κ3) is 6.09. The van der Waals surface area contributed by atoms with Crippen LogP contribution in [0.25, 0.3) is 0 Å². The van der Waals surface area contributed by atoms with Gasteiger partial charge < -0.3 is 10.1 Å². The molecule has 1 fully saturated rings. The summed E-state index contributed by atoms with van der Waals surface area (Å²) in [7, 11) is 0. The fourth-order valence-corrected chi connectivity index (χ4v) is 2.97. The second-order valence-electron chi connectivity index (χ2n) is 4.26. The van der Waals surface area contributed by atoms with Gasteiger partial charge in [0.25, 0.3) is 0 Å². The Bertz CT molecular complexity index is 169. The van der Waals surface area contributed by atoms with E-state index in [9.17, 15) is 0 Å². The number of hydrogen-bond acceptors (Lipinski definition) is 4. The van der Waals surface area contributed by atoms with Crippen LogP contribution in [0.2, 0.25) is 0 Å². The molecule has 1 N–H and O–H groups in total. The van der Waals surface area contributed by atoms with Crippen molar-refractivity contribution in [1.29, 1.82) is 0 Å². The standard InChI is InChI=1S/C12H26N2OS/c1-3-15-9-4-5-13-6-7-14-8-10-16-11-12(14)2/h12-13H,3-11H2,1-2H3. The number of rotatable bonds is 8.